The highest BCUT2D eigenvalue weighted by atomic mass is 16.2. The van der Waals surface area contributed by atoms with Crippen LogP contribution in [0.4, 0.5) is 0 Å². The van der Waals surface area contributed by atoms with Crippen molar-refractivity contribution in [2.24, 2.45) is 5.92 Å². The van der Waals surface area contributed by atoms with Crippen LogP contribution in [0.1, 0.15) is 53.0 Å². The van der Waals surface area contributed by atoms with Crippen molar-refractivity contribution >= 4 is 11.8 Å². The number of nitrogens with zero attached hydrogens (tertiary/aromatic N) is 2. The van der Waals surface area contributed by atoms with E-state index < -0.39 is 0 Å². The molecule has 3 rings (SSSR count). The van der Waals surface area contributed by atoms with Gasteiger partial charge < -0.3 is 10.6 Å². The van der Waals surface area contributed by atoms with Crippen LogP contribution >= 0.6 is 0 Å². The standard InChI is InChI=1S/C21H28N4O2/c1-15-19(16(2)25(24-15)14-17-8-4-3-5-9-17)21(27)23-13-12-22-20(26)18-10-6-7-11-18/h3-5,8-9,18H,6-7,10-14H2,1-2H3,(H,22,26)(H,23,27). The first-order chi connectivity index (χ1) is 13.1. The molecule has 0 spiro atoms. The molecule has 0 bridgehead atoms. The summed E-state index contributed by atoms with van der Waals surface area (Å²) in [6.45, 7) is 5.28. The molecule has 0 radical (unpaired) electrons. The molecule has 2 aromatic rings. The number of aryl methyl sites for hydroxylation is 1. The number of amides is 2. The molecule has 0 aliphatic heterocycles. The van der Waals surface area contributed by atoms with Gasteiger partial charge in [-0.1, -0.05) is 43.2 Å². The summed E-state index contributed by atoms with van der Waals surface area (Å²) in [6, 6.07) is 10.1. The second kappa shape index (κ2) is 8.84. The summed E-state index contributed by atoms with van der Waals surface area (Å²) in [6.07, 6.45) is 4.25. The lowest BCUT2D eigenvalue weighted by molar-refractivity contribution is -0.124. The van der Waals surface area contributed by atoms with Gasteiger partial charge in [0.25, 0.3) is 5.91 Å². The first-order valence-electron chi connectivity index (χ1n) is 9.70. The molecule has 6 nitrogen and oxygen atoms in total. The Morgan fingerprint density at radius 3 is 2.44 bits per heavy atom. The molecule has 144 valence electrons. The SMILES string of the molecule is Cc1nn(Cc2ccccc2)c(C)c1C(=O)NCCNC(=O)C1CCCC1. The van der Waals surface area contributed by atoms with E-state index in [1.54, 1.807) is 0 Å². The summed E-state index contributed by atoms with van der Waals surface area (Å²) < 4.78 is 1.86. The van der Waals surface area contributed by atoms with Gasteiger partial charge in [-0.3, -0.25) is 14.3 Å². The predicted molar refractivity (Wildman–Crippen MR) is 105 cm³/mol. The Hall–Kier alpha value is -2.63. The van der Waals surface area contributed by atoms with E-state index in [9.17, 15) is 9.59 Å². The van der Waals surface area contributed by atoms with E-state index >= 15 is 0 Å². The molecule has 1 aliphatic rings. The van der Waals surface area contributed by atoms with Crippen LogP contribution in [0.15, 0.2) is 30.3 Å². The number of carbonyl (C=O) groups excluding carboxylic acids is 2. The molecule has 0 atom stereocenters. The number of carbonyl (C=O) groups is 2. The summed E-state index contributed by atoms with van der Waals surface area (Å²) in [5.74, 6) is 0.130. The third-order valence-electron chi connectivity index (χ3n) is 5.22. The van der Waals surface area contributed by atoms with Crippen molar-refractivity contribution < 1.29 is 9.59 Å². The minimum Gasteiger partial charge on any atom is -0.354 e. The highest BCUT2D eigenvalue weighted by Crippen LogP contribution is 2.24. The number of rotatable bonds is 7. The van der Waals surface area contributed by atoms with Gasteiger partial charge in [-0.2, -0.15) is 5.10 Å². The second-order valence-corrected chi connectivity index (χ2v) is 7.22. The predicted octanol–water partition coefficient (Wildman–Crippen LogP) is 2.58. The lowest BCUT2D eigenvalue weighted by atomic mass is 10.1. The van der Waals surface area contributed by atoms with Crippen molar-refractivity contribution in [3.05, 3.63) is 52.8 Å². The van der Waals surface area contributed by atoms with Crippen LogP contribution in [-0.2, 0) is 11.3 Å². The van der Waals surface area contributed by atoms with Gasteiger partial charge in [-0.25, -0.2) is 0 Å². The van der Waals surface area contributed by atoms with Crippen molar-refractivity contribution in [1.29, 1.82) is 0 Å². The monoisotopic (exact) mass is 368 g/mol. The molecular formula is C21H28N4O2. The molecule has 1 saturated carbocycles. The summed E-state index contributed by atoms with van der Waals surface area (Å²) in [5.41, 5.74) is 3.33. The van der Waals surface area contributed by atoms with Crippen LogP contribution < -0.4 is 10.6 Å². The molecule has 1 aromatic heterocycles. The van der Waals surface area contributed by atoms with Gasteiger partial charge >= 0.3 is 0 Å². The van der Waals surface area contributed by atoms with Crippen LogP contribution in [0.2, 0.25) is 0 Å². The average Bonchev–Trinajstić information content (AvgIpc) is 3.28. The van der Waals surface area contributed by atoms with E-state index in [2.05, 4.69) is 15.7 Å². The van der Waals surface area contributed by atoms with Crippen molar-refractivity contribution in [2.45, 2.75) is 46.1 Å². The smallest absolute Gasteiger partial charge is 0.255 e. The zero-order chi connectivity index (χ0) is 19.2. The van der Waals surface area contributed by atoms with Gasteiger partial charge in [-0.15, -0.1) is 0 Å². The fourth-order valence-electron chi connectivity index (χ4n) is 3.72. The molecule has 0 saturated heterocycles. The normalized spacial score (nSPS) is 14.3. The van der Waals surface area contributed by atoms with E-state index in [0.717, 1.165) is 42.6 Å². The van der Waals surface area contributed by atoms with E-state index in [1.807, 2.05) is 48.9 Å². The van der Waals surface area contributed by atoms with Gasteiger partial charge in [0, 0.05) is 24.7 Å². The van der Waals surface area contributed by atoms with Crippen LogP contribution in [0.5, 0.6) is 0 Å². The molecule has 1 aliphatic carbocycles. The van der Waals surface area contributed by atoms with Crippen LogP contribution in [0.25, 0.3) is 0 Å². The molecular weight excluding hydrogens is 340 g/mol. The zero-order valence-electron chi connectivity index (χ0n) is 16.1. The van der Waals surface area contributed by atoms with E-state index in [-0.39, 0.29) is 17.7 Å². The Bertz CT molecular complexity index is 792. The Morgan fingerprint density at radius 1 is 1.07 bits per heavy atom. The van der Waals surface area contributed by atoms with E-state index in [1.165, 1.54) is 0 Å². The number of nitrogens with one attached hydrogen (secondary N) is 2. The van der Waals surface area contributed by atoms with Gasteiger partial charge in [0.05, 0.1) is 17.8 Å². The highest BCUT2D eigenvalue weighted by Gasteiger charge is 2.22. The molecule has 1 fully saturated rings. The summed E-state index contributed by atoms with van der Waals surface area (Å²) in [5, 5.41) is 10.3. The first kappa shape index (κ1) is 19.1. The number of hydrogen-bond acceptors (Lipinski definition) is 3. The molecule has 2 amide bonds. The maximum Gasteiger partial charge on any atom is 0.255 e. The minimum absolute atomic E-state index is 0.116. The second-order valence-electron chi connectivity index (χ2n) is 7.22. The maximum absolute atomic E-state index is 12.6. The van der Waals surface area contributed by atoms with Gasteiger partial charge in [0.2, 0.25) is 5.91 Å². The molecule has 6 heteroatoms. The van der Waals surface area contributed by atoms with Crippen molar-refractivity contribution in [2.75, 3.05) is 13.1 Å². The van der Waals surface area contributed by atoms with Gasteiger partial charge in [-0.05, 0) is 32.3 Å². The van der Waals surface area contributed by atoms with Crippen molar-refractivity contribution in [3.63, 3.8) is 0 Å². The first-order valence-corrected chi connectivity index (χ1v) is 9.70. The Balaban J connectivity index is 1.52. The van der Waals surface area contributed by atoms with Gasteiger partial charge in [0.1, 0.15) is 0 Å². The van der Waals surface area contributed by atoms with Crippen LogP contribution in [0.3, 0.4) is 0 Å². The Morgan fingerprint density at radius 2 is 1.74 bits per heavy atom. The van der Waals surface area contributed by atoms with Crippen molar-refractivity contribution in [1.82, 2.24) is 20.4 Å². The number of aromatic nitrogens is 2. The van der Waals surface area contributed by atoms with E-state index in [0.29, 0.717) is 25.2 Å². The average molecular weight is 368 g/mol. The Labute approximate surface area is 160 Å². The fourth-order valence-corrected chi connectivity index (χ4v) is 3.72. The molecule has 2 N–H and O–H groups in total. The third-order valence-corrected chi connectivity index (χ3v) is 5.22. The lowest BCUT2D eigenvalue weighted by Crippen LogP contribution is -2.37. The van der Waals surface area contributed by atoms with Crippen LogP contribution in [0, 0.1) is 19.8 Å². The van der Waals surface area contributed by atoms with Crippen LogP contribution in [-0.4, -0.2) is 34.7 Å². The number of hydrogen-bond donors (Lipinski definition) is 2. The van der Waals surface area contributed by atoms with Crippen molar-refractivity contribution in [3.8, 4) is 0 Å². The lowest BCUT2D eigenvalue weighted by Gasteiger charge is -2.11. The minimum atomic E-state index is -0.139. The fraction of sp³-hybridized carbons (Fsp3) is 0.476. The molecule has 0 unspecified atom stereocenters. The molecule has 1 heterocycles. The third kappa shape index (κ3) is 4.76. The topological polar surface area (TPSA) is 76.0 Å². The number of benzene rings is 1. The quantitative estimate of drug-likeness (QED) is 0.738. The molecule has 27 heavy (non-hydrogen) atoms. The zero-order valence-corrected chi connectivity index (χ0v) is 16.1. The van der Waals surface area contributed by atoms with E-state index in [4.69, 9.17) is 0 Å². The highest BCUT2D eigenvalue weighted by molar-refractivity contribution is 5.96. The summed E-state index contributed by atoms with van der Waals surface area (Å²) in [7, 11) is 0. The largest absolute Gasteiger partial charge is 0.354 e. The maximum atomic E-state index is 12.6. The summed E-state index contributed by atoms with van der Waals surface area (Å²) in [4.78, 5) is 24.6. The van der Waals surface area contributed by atoms with Gasteiger partial charge in [0.15, 0.2) is 0 Å². The Kier molecular flexibility index (Phi) is 6.27. The molecule has 1 aromatic carbocycles. The summed E-state index contributed by atoms with van der Waals surface area (Å²) >= 11 is 0.